The lowest BCUT2D eigenvalue weighted by Crippen LogP contribution is -2.28. The lowest BCUT2D eigenvalue weighted by Gasteiger charge is -2.22. The van der Waals surface area contributed by atoms with Crippen molar-refractivity contribution in [3.63, 3.8) is 0 Å². The number of β-amino-alcohol motifs (C(OH)–C–C–N with tert-alkyl or cyclic N) is 1. The van der Waals surface area contributed by atoms with Crippen molar-refractivity contribution in [2.45, 2.75) is 25.4 Å². The SMILES string of the molecule is Oc1ccc(C(O)CN2C[C@H]3C[C@H](Cc4ccc(F)c(F)c4)C[C@H]3C2)cc1. The maximum Gasteiger partial charge on any atom is 0.159 e. The van der Waals surface area contributed by atoms with Gasteiger partial charge in [-0.2, -0.15) is 0 Å². The number of hydrogen-bond acceptors (Lipinski definition) is 3. The fourth-order valence-electron chi connectivity index (χ4n) is 4.88. The Morgan fingerprint density at radius 3 is 2.26 bits per heavy atom. The van der Waals surface area contributed by atoms with Gasteiger partial charge in [-0.25, -0.2) is 8.78 Å². The molecule has 4 rings (SSSR count). The molecule has 1 unspecified atom stereocenters. The molecule has 144 valence electrons. The van der Waals surface area contributed by atoms with Crippen LogP contribution in [-0.4, -0.2) is 34.7 Å². The molecule has 1 saturated carbocycles. The predicted octanol–water partition coefficient (Wildman–Crippen LogP) is 3.90. The first-order chi connectivity index (χ1) is 13.0. The molecule has 0 bridgehead atoms. The van der Waals surface area contributed by atoms with Gasteiger partial charge in [0.15, 0.2) is 11.6 Å². The Balaban J connectivity index is 1.29. The molecule has 2 fully saturated rings. The molecule has 0 aromatic heterocycles. The van der Waals surface area contributed by atoms with Gasteiger partial charge in [0.05, 0.1) is 6.10 Å². The van der Waals surface area contributed by atoms with E-state index in [1.165, 1.54) is 12.1 Å². The Labute approximate surface area is 158 Å². The molecule has 1 aliphatic carbocycles. The lowest BCUT2D eigenvalue weighted by molar-refractivity contribution is 0.120. The Bertz CT molecular complexity index is 781. The number of aliphatic hydroxyl groups is 1. The van der Waals surface area contributed by atoms with Gasteiger partial charge in [0.2, 0.25) is 0 Å². The van der Waals surface area contributed by atoms with Crippen LogP contribution in [0.4, 0.5) is 8.78 Å². The van der Waals surface area contributed by atoms with Crippen LogP contribution in [0.3, 0.4) is 0 Å². The highest BCUT2D eigenvalue weighted by molar-refractivity contribution is 5.27. The van der Waals surface area contributed by atoms with Crippen molar-refractivity contribution in [1.82, 2.24) is 4.90 Å². The van der Waals surface area contributed by atoms with Crippen LogP contribution >= 0.6 is 0 Å². The van der Waals surface area contributed by atoms with Crippen molar-refractivity contribution in [2.24, 2.45) is 17.8 Å². The average molecular weight is 373 g/mol. The Hall–Kier alpha value is -1.98. The topological polar surface area (TPSA) is 43.7 Å². The summed E-state index contributed by atoms with van der Waals surface area (Å²) in [5, 5.41) is 19.8. The van der Waals surface area contributed by atoms with E-state index in [0.29, 0.717) is 24.3 Å². The molecule has 1 aliphatic heterocycles. The van der Waals surface area contributed by atoms with Crippen molar-refractivity contribution < 1.29 is 19.0 Å². The smallest absolute Gasteiger partial charge is 0.159 e. The van der Waals surface area contributed by atoms with Gasteiger partial charge in [-0.15, -0.1) is 0 Å². The molecule has 2 aromatic rings. The number of benzene rings is 2. The molecule has 5 heteroatoms. The standard InChI is InChI=1S/C22H25F2NO2/c23-20-6-1-14(10-21(20)24)7-15-8-17-11-25(12-18(17)9-15)13-22(27)16-2-4-19(26)5-3-16/h1-6,10,15,17-18,22,26-27H,7-9,11-13H2/t15-,17+,18-,22?. The van der Waals surface area contributed by atoms with Gasteiger partial charge in [-0.3, -0.25) is 4.90 Å². The predicted molar refractivity (Wildman–Crippen MR) is 99.3 cm³/mol. The van der Waals surface area contributed by atoms with Gasteiger partial charge >= 0.3 is 0 Å². The maximum atomic E-state index is 13.4. The van der Waals surface area contributed by atoms with E-state index in [0.717, 1.165) is 43.5 Å². The maximum absolute atomic E-state index is 13.4. The first-order valence-electron chi connectivity index (χ1n) is 9.61. The van der Waals surface area contributed by atoms with Crippen LogP contribution in [0.25, 0.3) is 0 Å². The van der Waals surface area contributed by atoms with Crippen molar-refractivity contribution in [1.29, 1.82) is 0 Å². The van der Waals surface area contributed by atoms with Crippen molar-refractivity contribution in [3.05, 3.63) is 65.2 Å². The summed E-state index contributed by atoms with van der Waals surface area (Å²) in [4.78, 5) is 2.32. The number of likely N-dealkylation sites (tertiary alicyclic amines) is 1. The fraction of sp³-hybridized carbons (Fsp3) is 0.455. The summed E-state index contributed by atoms with van der Waals surface area (Å²) in [6.07, 6.45) is 2.47. The molecule has 27 heavy (non-hydrogen) atoms. The van der Waals surface area contributed by atoms with E-state index in [1.807, 2.05) is 0 Å². The first kappa shape index (κ1) is 18.4. The lowest BCUT2D eigenvalue weighted by atomic mass is 9.96. The highest BCUT2D eigenvalue weighted by Crippen LogP contribution is 2.43. The molecule has 0 radical (unpaired) electrons. The number of phenols is 1. The van der Waals surface area contributed by atoms with Crippen molar-refractivity contribution >= 4 is 0 Å². The summed E-state index contributed by atoms with van der Waals surface area (Å²) >= 11 is 0. The Morgan fingerprint density at radius 1 is 0.963 bits per heavy atom. The fourth-order valence-corrected chi connectivity index (χ4v) is 4.88. The van der Waals surface area contributed by atoms with Gasteiger partial charge in [0, 0.05) is 19.6 Å². The second kappa shape index (κ2) is 7.56. The van der Waals surface area contributed by atoms with Gasteiger partial charge in [0.1, 0.15) is 5.75 Å². The first-order valence-corrected chi connectivity index (χ1v) is 9.61. The molecule has 2 N–H and O–H groups in total. The summed E-state index contributed by atoms with van der Waals surface area (Å²) in [5.74, 6) is 0.410. The average Bonchev–Trinajstić information content (AvgIpc) is 3.16. The van der Waals surface area contributed by atoms with Gasteiger partial charge in [-0.05, 0) is 72.4 Å². The Morgan fingerprint density at radius 2 is 1.63 bits per heavy atom. The molecule has 0 spiro atoms. The number of phenolic OH excluding ortho intramolecular Hbond substituents is 1. The number of fused-ring (bicyclic) bond motifs is 1. The van der Waals surface area contributed by atoms with E-state index in [1.54, 1.807) is 30.3 Å². The molecular weight excluding hydrogens is 348 g/mol. The van der Waals surface area contributed by atoms with E-state index < -0.39 is 17.7 Å². The largest absolute Gasteiger partial charge is 0.508 e. The molecule has 4 atom stereocenters. The van der Waals surface area contributed by atoms with Gasteiger partial charge < -0.3 is 10.2 Å². The summed E-state index contributed by atoms with van der Waals surface area (Å²) < 4.78 is 26.5. The van der Waals surface area contributed by atoms with E-state index >= 15 is 0 Å². The molecule has 2 aromatic carbocycles. The van der Waals surface area contributed by atoms with Crippen LogP contribution in [0.15, 0.2) is 42.5 Å². The van der Waals surface area contributed by atoms with Crippen LogP contribution < -0.4 is 0 Å². The number of aliphatic hydroxyl groups excluding tert-OH is 1. The van der Waals surface area contributed by atoms with E-state index in [4.69, 9.17) is 0 Å². The third kappa shape index (κ3) is 4.14. The normalized spacial score (nSPS) is 26.3. The van der Waals surface area contributed by atoms with Crippen LogP contribution in [-0.2, 0) is 6.42 Å². The zero-order chi connectivity index (χ0) is 19.0. The number of rotatable bonds is 5. The van der Waals surface area contributed by atoms with E-state index in [2.05, 4.69) is 4.90 Å². The van der Waals surface area contributed by atoms with Crippen molar-refractivity contribution in [3.8, 4) is 5.75 Å². The van der Waals surface area contributed by atoms with E-state index in [9.17, 15) is 19.0 Å². The van der Waals surface area contributed by atoms with Gasteiger partial charge in [-0.1, -0.05) is 18.2 Å². The number of halogens is 2. The minimum atomic E-state index is -0.787. The molecule has 1 saturated heterocycles. The third-order valence-electron chi connectivity index (χ3n) is 6.14. The third-order valence-corrected chi connectivity index (χ3v) is 6.14. The summed E-state index contributed by atoms with van der Waals surface area (Å²) in [7, 11) is 0. The summed E-state index contributed by atoms with van der Waals surface area (Å²) in [6, 6.07) is 10.9. The summed E-state index contributed by atoms with van der Waals surface area (Å²) in [6.45, 7) is 2.56. The van der Waals surface area contributed by atoms with E-state index in [-0.39, 0.29) is 5.75 Å². The minimum Gasteiger partial charge on any atom is -0.508 e. The quantitative estimate of drug-likeness (QED) is 0.835. The number of nitrogens with zero attached hydrogens (tertiary/aromatic N) is 1. The molecule has 0 amide bonds. The molecule has 3 nitrogen and oxygen atoms in total. The van der Waals surface area contributed by atoms with Crippen LogP contribution in [0.5, 0.6) is 5.75 Å². The second-order valence-corrected chi connectivity index (χ2v) is 8.14. The summed E-state index contributed by atoms with van der Waals surface area (Å²) in [5.41, 5.74) is 1.69. The minimum absolute atomic E-state index is 0.203. The second-order valence-electron chi connectivity index (χ2n) is 8.14. The zero-order valence-electron chi connectivity index (χ0n) is 15.2. The zero-order valence-corrected chi connectivity index (χ0v) is 15.2. The number of aromatic hydroxyl groups is 1. The van der Waals surface area contributed by atoms with Crippen LogP contribution in [0, 0.1) is 29.4 Å². The number of hydrogen-bond donors (Lipinski definition) is 2. The molecule has 2 aliphatic rings. The molecule has 1 heterocycles. The van der Waals surface area contributed by atoms with Crippen molar-refractivity contribution in [2.75, 3.05) is 19.6 Å². The monoisotopic (exact) mass is 373 g/mol. The van der Waals surface area contributed by atoms with Crippen LogP contribution in [0.2, 0.25) is 0 Å². The Kier molecular flexibility index (Phi) is 5.15. The van der Waals surface area contributed by atoms with Crippen LogP contribution in [0.1, 0.15) is 30.1 Å². The van der Waals surface area contributed by atoms with Gasteiger partial charge in [0.25, 0.3) is 0 Å². The highest BCUT2D eigenvalue weighted by Gasteiger charge is 2.41. The molecular formula is C22H25F2NO2. The highest BCUT2D eigenvalue weighted by atomic mass is 19.2.